The Kier molecular flexibility index (Phi) is 7.30. The molecule has 0 saturated carbocycles. The lowest BCUT2D eigenvalue weighted by Crippen LogP contribution is -2.47. The number of pyridine rings is 1. The largest absolute Gasteiger partial charge is 0.435 e. The number of aromatic amines is 1. The van der Waals surface area contributed by atoms with Gasteiger partial charge in [-0.25, -0.2) is 23.7 Å². The molecule has 1 fully saturated rings. The maximum Gasteiger partial charge on any atom is 0.262 e. The van der Waals surface area contributed by atoms with E-state index in [1.54, 1.807) is 24.0 Å². The molecule has 40 heavy (non-hydrogen) atoms. The highest BCUT2D eigenvalue weighted by Gasteiger charge is 2.26. The number of aryl methyl sites for hydroxylation is 1. The summed E-state index contributed by atoms with van der Waals surface area (Å²) in [7, 11) is 5.06. The Bertz CT molecular complexity index is 1580. The van der Waals surface area contributed by atoms with Crippen molar-refractivity contribution in [1.29, 1.82) is 0 Å². The molecule has 5 rings (SSSR count). The first-order chi connectivity index (χ1) is 19.1. The second kappa shape index (κ2) is 10.8. The van der Waals surface area contributed by atoms with Crippen LogP contribution in [0.15, 0.2) is 36.8 Å². The van der Waals surface area contributed by atoms with Gasteiger partial charge in [-0.2, -0.15) is 0 Å². The number of hydrogen-bond donors (Lipinski definition) is 2. The standard InChI is InChI=1S/C27H28F2N8O3/c1-15-11-17-22(29)19(12-18(28)23(17)33-15)40-25-21(27(39)35(2)3)24(31-14-32-25)34-20-6-5-16(13-30-20)26(38)37-9-7-36(4)8-10-37/h5-6,11-14,33H,7-10H2,1-4H3,(H,30,31,32,34). The van der Waals surface area contributed by atoms with Gasteiger partial charge in [-0.05, 0) is 32.2 Å². The molecule has 208 valence electrons. The topological polar surface area (TPSA) is 120 Å². The van der Waals surface area contributed by atoms with E-state index in [1.807, 2.05) is 7.05 Å². The number of nitrogens with one attached hydrogen (secondary N) is 2. The molecule has 4 heterocycles. The van der Waals surface area contributed by atoms with Crippen LogP contribution in [-0.4, -0.2) is 93.8 Å². The third kappa shape index (κ3) is 5.27. The van der Waals surface area contributed by atoms with Crippen molar-refractivity contribution in [3.05, 3.63) is 65.2 Å². The van der Waals surface area contributed by atoms with Gasteiger partial charge < -0.3 is 29.7 Å². The number of hydrogen-bond acceptors (Lipinski definition) is 8. The minimum absolute atomic E-state index is 0.0100. The van der Waals surface area contributed by atoms with Crippen LogP contribution in [-0.2, 0) is 0 Å². The number of piperazine rings is 1. The minimum atomic E-state index is -0.806. The molecule has 0 spiro atoms. The molecule has 0 unspecified atom stereocenters. The van der Waals surface area contributed by atoms with Gasteiger partial charge >= 0.3 is 0 Å². The van der Waals surface area contributed by atoms with Crippen LogP contribution in [0.3, 0.4) is 0 Å². The van der Waals surface area contributed by atoms with Crippen molar-refractivity contribution in [2.24, 2.45) is 0 Å². The van der Waals surface area contributed by atoms with Crippen molar-refractivity contribution in [2.75, 3.05) is 52.6 Å². The van der Waals surface area contributed by atoms with Crippen molar-refractivity contribution in [1.82, 2.24) is 34.6 Å². The number of carbonyl (C=O) groups excluding carboxylic acids is 2. The number of ether oxygens (including phenoxy) is 1. The molecular weight excluding hydrogens is 522 g/mol. The van der Waals surface area contributed by atoms with Crippen LogP contribution in [0.2, 0.25) is 0 Å². The van der Waals surface area contributed by atoms with E-state index in [0.717, 1.165) is 25.5 Å². The Morgan fingerprint density at radius 2 is 1.82 bits per heavy atom. The predicted octanol–water partition coefficient (Wildman–Crippen LogP) is 3.56. The fourth-order valence-electron chi connectivity index (χ4n) is 4.38. The number of amides is 2. The van der Waals surface area contributed by atoms with Crippen molar-refractivity contribution in [2.45, 2.75) is 6.92 Å². The van der Waals surface area contributed by atoms with Crippen molar-refractivity contribution in [3.8, 4) is 11.6 Å². The molecule has 3 aromatic heterocycles. The summed E-state index contributed by atoms with van der Waals surface area (Å²) in [6, 6.07) is 5.58. The van der Waals surface area contributed by atoms with Crippen molar-refractivity contribution < 1.29 is 23.1 Å². The molecule has 4 aromatic rings. The van der Waals surface area contributed by atoms with Gasteiger partial charge in [0, 0.05) is 63.6 Å². The number of likely N-dealkylation sites (N-methyl/N-ethyl adjacent to an activating group) is 1. The predicted molar refractivity (Wildman–Crippen MR) is 144 cm³/mol. The lowest BCUT2D eigenvalue weighted by Gasteiger charge is -2.32. The van der Waals surface area contributed by atoms with E-state index in [2.05, 4.69) is 30.2 Å². The third-order valence-corrected chi connectivity index (χ3v) is 6.59. The molecule has 11 nitrogen and oxygen atoms in total. The lowest BCUT2D eigenvalue weighted by molar-refractivity contribution is 0.0663. The number of nitrogens with zero attached hydrogens (tertiary/aromatic N) is 6. The first-order valence-electron chi connectivity index (χ1n) is 12.5. The molecule has 2 N–H and O–H groups in total. The number of carbonyl (C=O) groups is 2. The quantitative estimate of drug-likeness (QED) is 0.374. The van der Waals surface area contributed by atoms with Gasteiger partial charge in [-0.3, -0.25) is 9.59 Å². The van der Waals surface area contributed by atoms with E-state index < -0.39 is 23.3 Å². The second-order valence-electron chi connectivity index (χ2n) is 9.77. The Hall–Kier alpha value is -4.65. The minimum Gasteiger partial charge on any atom is -0.435 e. The lowest BCUT2D eigenvalue weighted by atomic mass is 10.2. The summed E-state index contributed by atoms with van der Waals surface area (Å²) in [6.45, 7) is 4.55. The zero-order valence-electron chi connectivity index (χ0n) is 22.5. The maximum absolute atomic E-state index is 15.2. The van der Waals surface area contributed by atoms with E-state index in [9.17, 15) is 14.0 Å². The van der Waals surface area contributed by atoms with Gasteiger partial charge in [0.05, 0.1) is 11.1 Å². The van der Waals surface area contributed by atoms with Gasteiger partial charge in [-0.1, -0.05) is 0 Å². The summed E-state index contributed by atoms with van der Waals surface area (Å²) < 4.78 is 35.6. The number of benzene rings is 1. The van der Waals surface area contributed by atoms with E-state index in [4.69, 9.17) is 4.74 Å². The first kappa shape index (κ1) is 26.9. The molecular formula is C27H28F2N8O3. The molecule has 1 aliphatic rings. The summed E-state index contributed by atoms with van der Waals surface area (Å²) >= 11 is 0. The molecule has 0 radical (unpaired) electrons. The molecule has 0 atom stereocenters. The number of aromatic nitrogens is 4. The number of fused-ring (bicyclic) bond motifs is 1. The smallest absolute Gasteiger partial charge is 0.262 e. The Morgan fingerprint density at radius 3 is 2.50 bits per heavy atom. The van der Waals surface area contributed by atoms with Crippen LogP contribution in [0.4, 0.5) is 20.4 Å². The van der Waals surface area contributed by atoms with Gasteiger partial charge in [0.15, 0.2) is 23.2 Å². The highest BCUT2D eigenvalue weighted by molar-refractivity contribution is 6.01. The van der Waals surface area contributed by atoms with Gasteiger partial charge in [0.25, 0.3) is 11.8 Å². The summed E-state index contributed by atoms with van der Waals surface area (Å²) in [5.74, 6) is -2.56. The van der Waals surface area contributed by atoms with E-state index in [1.165, 1.54) is 31.3 Å². The zero-order chi connectivity index (χ0) is 28.6. The fraction of sp³-hybridized carbons (Fsp3) is 0.296. The molecule has 2 amide bonds. The van der Waals surface area contributed by atoms with Crippen LogP contribution in [0.5, 0.6) is 11.6 Å². The Balaban J connectivity index is 1.44. The third-order valence-electron chi connectivity index (χ3n) is 6.59. The summed E-state index contributed by atoms with van der Waals surface area (Å²) in [5, 5.41) is 2.96. The summed E-state index contributed by atoms with van der Waals surface area (Å²) in [4.78, 5) is 46.5. The molecule has 0 bridgehead atoms. The second-order valence-corrected chi connectivity index (χ2v) is 9.77. The number of rotatable bonds is 6. The van der Waals surface area contributed by atoms with Crippen LogP contribution in [0.25, 0.3) is 10.9 Å². The van der Waals surface area contributed by atoms with Gasteiger partial charge in [0.2, 0.25) is 5.88 Å². The molecule has 1 aliphatic heterocycles. The van der Waals surface area contributed by atoms with E-state index in [-0.39, 0.29) is 34.1 Å². The monoisotopic (exact) mass is 550 g/mol. The maximum atomic E-state index is 15.2. The Labute approximate surface area is 228 Å². The van der Waals surface area contributed by atoms with Crippen LogP contribution < -0.4 is 10.1 Å². The fourth-order valence-corrected chi connectivity index (χ4v) is 4.38. The highest BCUT2D eigenvalue weighted by Crippen LogP contribution is 2.35. The molecule has 1 aromatic carbocycles. The van der Waals surface area contributed by atoms with E-state index >= 15 is 4.39 Å². The van der Waals surface area contributed by atoms with Crippen molar-refractivity contribution >= 4 is 34.4 Å². The SMILES string of the molecule is Cc1cc2c(F)c(Oc3ncnc(Nc4ccc(C(=O)N5CCN(C)CC5)cn4)c3C(=O)N(C)C)cc(F)c2[nH]1. The number of anilines is 2. The van der Waals surface area contributed by atoms with Crippen LogP contribution in [0, 0.1) is 18.6 Å². The summed E-state index contributed by atoms with van der Waals surface area (Å²) in [6.07, 6.45) is 2.57. The zero-order valence-corrected chi connectivity index (χ0v) is 22.5. The highest BCUT2D eigenvalue weighted by atomic mass is 19.1. The van der Waals surface area contributed by atoms with Gasteiger partial charge in [-0.15, -0.1) is 0 Å². The first-order valence-corrected chi connectivity index (χ1v) is 12.5. The normalized spacial score (nSPS) is 13.9. The van der Waals surface area contributed by atoms with Gasteiger partial charge in [0.1, 0.15) is 17.7 Å². The average molecular weight is 551 g/mol. The van der Waals surface area contributed by atoms with E-state index in [0.29, 0.717) is 30.2 Å². The summed E-state index contributed by atoms with van der Waals surface area (Å²) in [5.41, 5.74) is 0.902. The molecule has 13 heteroatoms. The average Bonchev–Trinajstić information content (AvgIpc) is 3.34. The van der Waals surface area contributed by atoms with Crippen LogP contribution >= 0.6 is 0 Å². The molecule has 1 saturated heterocycles. The Morgan fingerprint density at radius 1 is 1.07 bits per heavy atom. The van der Waals surface area contributed by atoms with Crippen molar-refractivity contribution in [3.63, 3.8) is 0 Å². The van der Waals surface area contributed by atoms with Crippen LogP contribution in [0.1, 0.15) is 26.4 Å². The molecule has 0 aliphatic carbocycles. The number of H-pyrrole nitrogens is 1. The number of halogens is 2.